The van der Waals surface area contributed by atoms with E-state index in [1.807, 2.05) is 19.1 Å². The fourth-order valence-corrected chi connectivity index (χ4v) is 9.76. The lowest BCUT2D eigenvalue weighted by molar-refractivity contribution is -0.302. The van der Waals surface area contributed by atoms with Crippen LogP contribution in [0.2, 0.25) is 0 Å². The zero-order valence-corrected chi connectivity index (χ0v) is 47.4. The van der Waals surface area contributed by atoms with E-state index in [0.29, 0.717) is 6.42 Å². The molecule has 0 aromatic rings. The van der Waals surface area contributed by atoms with Crippen molar-refractivity contribution in [2.45, 2.75) is 326 Å². The monoisotopic (exact) mass is 1030 g/mol. The number of amides is 1. The van der Waals surface area contributed by atoms with Crippen molar-refractivity contribution < 1.29 is 39.8 Å². The van der Waals surface area contributed by atoms with Crippen LogP contribution in [0.25, 0.3) is 0 Å². The Morgan fingerprint density at radius 3 is 1.30 bits per heavy atom. The molecule has 426 valence electrons. The second-order valence-electron chi connectivity index (χ2n) is 21.5. The van der Waals surface area contributed by atoms with Crippen molar-refractivity contribution in [2.75, 3.05) is 13.2 Å². The van der Waals surface area contributed by atoms with Crippen LogP contribution < -0.4 is 5.32 Å². The number of carbonyl (C=O) groups excluding carboxylic acids is 1. The summed E-state index contributed by atoms with van der Waals surface area (Å²) in [6.45, 7) is 3.52. The highest BCUT2D eigenvalue weighted by molar-refractivity contribution is 5.76. The first-order chi connectivity index (χ1) is 35.8. The van der Waals surface area contributed by atoms with Crippen LogP contribution in [0, 0.1) is 0 Å². The Balaban J connectivity index is 1.97. The molecule has 0 aromatic heterocycles. The molecule has 1 aliphatic heterocycles. The minimum atomic E-state index is -1.57. The van der Waals surface area contributed by atoms with Crippen molar-refractivity contribution in [3.8, 4) is 0 Å². The Hall–Kier alpha value is -2.11. The van der Waals surface area contributed by atoms with Crippen LogP contribution in [-0.2, 0) is 14.3 Å². The molecule has 0 aliphatic carbocycles. The topological polar surface area (TPSA) is 149 Å². The van der Waals surface area contributed by atoms with Gasteiger partial charge in [0.2, 0.25) is 5.91 Å². The maximum absolute atomic E-state index is 13.0. The minimum Gasteiger partial charge on any atom is -0.394 e. The third-order valence-corrected chi connectivity index (χ3v) is 14.6. The average molecular weight is 1030 g/mol. The minimum absolute atomic E-state index is 0.191. The molecular weight excluding hydrogens is 911 g/mol. The molecule has 0 bridgehead atoms. The summed E-state index contributed by atoms with van der Waals surface area (Å²) < 4.78 is 11.2. The molecule has 1 rings (SSSR count). The third kappa shape index (κ3) is 42.7. The van der Waals surface area contributed by atoms with Crippen molar-refractivity contribution in [3.05, 3.63) is 60.8 Å². The highest BCUT2D eigenvalue weighted by Gasteiger charge is 2.44. The van der Waals surface area contributed by atoms with E-state index in [2.05, 4.69) is 54.8 Å². The molecular formula is C64H117NO8. The number of rotatable bonds is 53. The third-order valence-electron chi connectivity index (χ3n) is 14.6. The normalized spacial score (nSPS) is 19.5. The summed E-state index contributed by atoms with van der Waals surface area (Å²) in [6.07, 6.45) is 66.7. The Bertz CT molecular complexity index is 1330. The lowest BCUT2D eigenvalue weighted by Gasteiger charge is -2.40. The predicted molar refractivity (Wildman–Crippen MR) is 309 cm³/mol. The number of allylic oxidation sites excluding steroid dienone is 9. The Morgan fingerprint density at radius 2 is 0.877 bits per heavy atom. The van der Waals surface area contributed by atoms with Gasteiger partial charge in [0.1, 0.15) is 24.4 Å². The number of aliphatic hydroxyl groups is 5. The van der Waals surface area contributed by atoms with Gasteiger partial charge in [-0.1, -0.05) is 267 Å². The molecule has 73 heavy (non-hydrogen) atoms. The van der Waals surface area contributed by atoms with Crippen LogP contribution in [0.15, 0.2) is 60.8 Å². The van der Waals surface area contributed by atoms with Crippen molar-refractivity contribution in [1.29, 1.82) is 0 Å². The van der Waals surface area contributed by atoms with E-state index in [0.717, 1.165) is 51.4 Å². The molecule has 1 aliphatic rings. The van der Waals surface area contributed by atoms with E-state index in [9.17, 15) is 30.3 Å². The highest BCUT2D eigenvalue weighted by Crippen LogP contribution is 2.23. The van der Waals surface area contributed by atoms with Crippen LogP contribution in [0.4, 0.5) is 0 Å². The number of nitrogens with one attached hydrogen (secondary N) is 1. The van der Waals surface area contributed by atoms with Gasteiger partial charge < -0.3 is 40.3 Å². The first-order valence-electron chi connectivity index (χ1n) is 31.0. The van der Waals surface area contributed by atoms with Crippen LogP contribution in [0.5, 0.6) is 0 Å². The molecule has 1 heterocycles. The maximum Gasteiger partial charge on any atom is 0.220 e. The summed E-state index contributed by atoms with van der Waals surface area (Å²) in [5.74, 6) is -0.191. The number of ether oxygens (including phenoxy) is 2. The number of aliphatic hydroxyl groups excluding tert-OH is 5. The summed E-state index contributed by atoms with van der Waals surface area (Å²) in [7, 11) is 0. The molecule has 1 amide bonds. The first-order valence-corrected chi connectivity index (χ1v) is 31.0. The van der Waals surface area contributed by atoms with Crippen LogP contribution >= 0.6 is 0 Å². The quantitative estimate of drug-likeness (QED) is 0.0261. The van der Waals surface area contributed by atoms with Crippen molar-refractivity contribution >= 4 is 5.91 Å². The van der Waals surface area contributed by atoms with Gasteiger partial charge in [0.05, 0.1) is 25.4 Å². The van der Waals surface area contributed by atoms with Crippen LogP contribution in [0.3, 0.4) is 0 Å². The predicted octanol–water partition coefficient (Wildman–Crippen LogP) is 15.9. The van der Waals surface area contributed by atoms with Gasteiger partial charge in [0.25, 0.3) is 0 Å². The molecule has 9 nitrogen and oxygen atoms in total. The second kappa shape index (κ2) is 53.3. The molecule has 7 atom stereocenters. The zero-order chi connectivity index (χ0) is 52.9. The zero-order valence-electron chi connectivity index (χ0n) is 47.4. The molecule has 7 unspecified atom stereocenters. The fraction of sp³-hybridized carbons (Fsp3) is 0.828. The van der Waals surface area contributed by atoms with Gasteiger partial charge in [-0.15, -0.1) is 0 Å². The molecule has 9 heteroatoms. The fourth-order valence-electron chi connectivity index (χ4n) is 9.76. The van der Waals surface area contributed by atoms with Gasteiger partial charge in [-0.25, -0.2) is 0 Å². The number of hydrogen-bond acceptors (Lipinski definition) is 8. The second-order valence-corrected chi connectivity index (χ2v) is 21.5. The van der Waals surface area contributed by atoms with Crippen molar-refractivity contribution in [1.82, 2.24) is 5.32 Å². The Morgan fingerprint density at radius 1 is 0.493 bits per heavy atom. The van der Waals surface area contributed by atoms with E-state index < -0.39 is 49.5 Å². The van der Waals surface area contributed by atoms with Crippen LogP contribution in [-0.4, -0.2) is 87.5 Å². The number of carbonyl (C=O) groups is 1. The Kier molecular flexibility index (Phi) is 50.3. The molecule has 0 spiro atoms. The molecule has 1 fully saturated rings. The standard InChI is InChI=1S/C64H117NO8/c1-3-5-7-9-11-13-14-15-16-17-18-19-20-21-22-23-24-25-26-27-28-29-30-31-32-33-34-35-36-37-38-39-40-41-42-43-44-46-48-50-52-54-60(68)65-57(58(67)53-51-49-47-45-12-10-8-6-4-2)56-72-64-63(71)62(70)61(69)59(55-66)73-64/h4,6,12,14-15,17-18,45,51,53,57-59,61-64,66-67,69-71H,3,5,7-11,13,16,19-44,46-50,52,54-56H2,1-2H3,(H,65,68)/b6-4+,15-14-,18-17-,45-12+,53-51+. The molecule has 0 aromatic carbocycles. The van der Waals surface area contributed by atoms with Gasteiger partial charge in [-0.3, -0.25) is 4.79 Å². The maximum atomic E-state index is 13.0. The van der Waals surface area contributed by atoms with E-state index in [4.69, 9.17) is 9.47 Å². The van der Waals surface area contributed by atoms with E-state index in [1.54, 1.807) is 6.08 Å². The molecule has 0 radical (unpaired) electrons. The summed E-state index contributed by atoms with van der Waals surface area (Å²) in [5, 5.41) is 54.2. The van der Waals surface area contributed by atoms with Crippen molar-refractivity contribution in [2.24, 2.45) is 0 Å². The largest absolute Gasteiger partial charge is 0.394 e. The molecule has 1 saturated heterocycles. The van der Waals surface area contributed by atoms with Gasteiger partial charge in [0.15, 0.2) is 6.29 Å². The number of unbranched alkanes of at least 4 members (excludes halogenated alkanes) is 36. The van der Waals surface area contributed by atoms with Gasteiger partial charge in [0, 0.05) is 6.42 Å². The van der Waals surface area contributed by atoms with E-state index in [1.165, 1.54) is 212 Å². The van der Waals surface area contributed by atoms with Gasteiger partial charge in [-0.05, 0) is 71.1 Å². The van der Waals surface area contributed by atoms with Gasteiger partial charge >= 0.3 is 0 Å². The van der Waals surface area contributed by atoms with E-state index in [-0.39, 0.29) is 12.5 Å². The first kappa shape index (κ1) is 68.9. The lowest BCUT2D eigenvalue weighted by Crippen LogP contribution is -2.60. The lowest BCUT2D eigenvalue weighted by atomic mass is 9.99. The van der Waals surface area contributed by atoms with Crippen LogP contribution in [0.1, 0.15) is 284 Å². The average Bonchev–Trinajstić information content (AvgIpc) is 3.39. The van der Waals surface area contributed by atoms with E-state index >= 15 is 0 Å². The smallest absolute Gasteiger partial charge is 0.220 e. The molecule has 0 saturated carbocycles. The Labute approximate surface area is 449 Å². The summed E-state index contributed by atoms with van der Waals surface area (Å²) in [6, 6.07) is -0.826. The number of hydrogen-bond donors (Lipinski definition) is 6. The molecule has 6 N–H and O–H groups in total. The summed E-state index contributed by atoms with van der Waals surface area (Å²) in [4.78, 5) is 13.0. The van der Waals surface area contributed by atoms with Gasteiger partial charge in [-0.2, -0.15) is 0 Å². The van der Waals surface area contributed by atoms with Crippen molar-refractivity contribution in [3.63, 3.8) is 0 Å². The summed E-state index contributed by atoms with van der Waals surface area (Å²) >= 11 is 0. The SMILES string of the molecule is C/C=C/CC/C=C/CC/C=C/C(O)C(COC1OC(CO)C(O)C(O)C1O)NC(=O)CCCCCCCCCCCCCCCCCCCCCCCCCCCCCCC/C=C\C/C=C\CCCCCCC. The highest BCUT2D eigenvalue weighted by atomic mass is 16.7. The summed E-state index contributed by atoms with van der Waals surface area (Å²) in [5.41, 5.74) is 0.